The maximum atomic E-state index is 13.1. The minimum absolute atomic E-state index is 0.0120. The molecule has 5 nitrogen and oxygen atoms in total. The van der Waals surface area contributed by atoms with Gasteiger partial charge in [0.2, 0.25) is 0 Å². The standard InChI is InChI=1S/C22H15F2N3O2/c23-22(24)29-17-10-8-16(9-11-17)27-20(12-7-15-4-3-13-25-14-15)26-19-6-2-1-5-18(19)21(27)28/h1-14,22H. The molecule has 0 bridgehead atoms. The van der Waals surface area contributed by atoms with Crippen molar-refractivity contribution in [1.29, 1.82) is 0 Å². The van der Waals surface area contributed by atoms with E-state index in [2.05, 4.69) is 14.7 Å². The summed E-state index contributed by atoms with van der Waals surface area (Å²) in [5, 5.41) is 0.457. The van der Waals surface area contributed by atoms with E-state index < -0.39 is 6.61 Å². The van der Waals surface area contributed by atoms with Gasteiger partial charge in [-0.2, -0.15) is 8.78 Å². The first kappa shape index (κ1) is 18.5. The lowest BCUT2D eigenvalue weighted by atomic mass is 10.2. The van der Waals surface area contributed by atoms with Gasteiger partial charge in [-0.05, 0) is 60.2 Å². The quantitative estimate of drug-likeness (QED) is 0.501. The predicted octanol–water partition coefficient (Wildman–Crippen LogP) is 4.55. The number of para-hydroxylation sites is 1. The van der Waals surface area contributed by atoms with Crippen LogP contribution in [0.25, 0.3) is 28.7 Å². The molecule has 0 fully saturated rings. The maximum absolute atomic E-state index is 13.1. The molecule has 0 unspecified atom stereocenters. The van der Waals surface area contributed by atoms with Gasteiger partial charge in [-0.15, -0.1) is 0 Å². The Morgan fingerprint density at radius 3 is 2.48 bits per heavy atom. The van der Waals surface area contributed by atoms with Gasteiger partial charge >= 0.3 is 6.61 Å². The molecule has 0 radical (unpaired) electrons. The minimum atomic E-state index is -2.91. The third kappa shape index (κ3) is 4.03. The Hall–Kier alpha value is -3.87. The Bertz CT molecular complexity index is 1220. The molecule has 0 aliphatic heterocycles. The largest absolute Gasteiger partial charge is 0.435 e. The molecule has 0 amide bonds. The molecule has 144 valence electrons. The molecule has 0 saturated carbocycles. The minimum Gasteiger partial charge on any atom is -0.435 e. The van der Waals surface area contributed by atoms with Crippen molar-refractivity contribution in [2.75, 3.05) is 0 Å². The van der Waals surface area contributed by atoms with Crippen molar-refractivity contribution in [2.24, 2.45) is 0 Å². The zero-order chi connectivity index (χ0) is 20.2. The van der Waals surface area contributed by atoms with E-state index in [1.165, 1.54) is 28.8 Å². The Labute approximate surface area is 164 Å². The van der Waals surface area contributed by atoms with Crippen LogP contribution in [0, 0.1) is 0 Å². The molecule has 2 aromatic heterocycles. The fourth-order valence-electron chi connectivity index (χ4n) is 2.93. The molecule has 0 spiro atoms. The summed E-state index contributed by atoms with van der Waals surface area (Å²) in [6.07, 6.45) is 6.88. The second-order valence-electron chi connectivity index (χ2n) is 6.12. The highest BCUT2D eigenvalue weighted by molar-refractivity contribution is 5.80. The van der Waals surface area contributed by atoms with E-state index in [0.717, 1.165) is 5.56 Å². The molecular weight excluding hydrogens is 376 g/mol. The van der Waals surface area contributed by atoms with Crippen LogP contribution in [0.3, 0.4) is 0 Å². The van der Waals surface area contributed by atoms with Crippen molar-refractivity contribution in [3.63, 3.8) is 0 Å². The van der Waals surface area contributed by atoms with Crippen LogP contribution in [0.15, 0.2) is 77.9 Å². The van der Waals surface area contributed by atoms with Gasteiger partial charge in [0.25, 0.3) is 5.56 Å². The van der Waals surface area contributed by atoms with Gasteiger partial charge in [-0.3, -0.25) is 14.3 Å². The summed E-state index contributed by atoms with van der Waals surface area (Å²) in [6, 6.07) is 16.6. The third-order valence-corrected chi connectivity index (χ3v) is 4.23. The molecule has 29 heavy (non-hydrogen) atoms. The van der Waals surface area contributed by atoms with Crippen molar-refractivity contribution in [3.05, 3.63) is 94.8 Å². The average molecular weight is 391 g/mol. The first-order valence-corrected chi connectivity index (χ1v) is 8.77. The number of nitrogens with zero attached hydrogens (tertiary/aromatic N) is 3. The Kier molecular flexibility index (Phi) is 5.11. The van der Waals surface area contributed by atoms with Crippen molar-refractivity contribution in [1.82, 2.24) is 14.5 Å². The number of hydrogen-bond acceptors (Lipinski definition) is 4. The number of fused-ring (bicyclic) bond motifs is 1. The molecule has 0 N–H and O–H groups in total. The Morgan fingerprint density at radius 2 is 1.76 bits per heavy atom. The zero-order valence-corrected chi connectivity index (χ0v) is 15.1. The number of aromatic nitrogens is 3. The highest BCUT2D eigenvalue weighted by atomic mass is 19.3. The molecule has 2 aromatic carbocycles. The first-order valence-electron chi connectivity index (χ1n) is 8.77. The van der Waals surface area contributed by atoms with Crippen molar-refractivity contribution in [2.45, 2.75) is 6.61 Å². The summed E-state index contributed by atoms with van der Waals surface area (Å²) in [4.78, 5) is 21.8. The van der Waals surface area contributed by atoms with Gasteiger partial charge in [0.05, 0.1) is 16.6 Å². The number of benzene rings is 2. The van der Waals surface area contributed by atoms with E-state index in [4.69, 9.17) is 0 Å². The molecular formula is C22H15F2N3O2. The molecule has 0 aliphatic carbocycles. The third-order valence-electron chi connectivity index (χ3n) is 4.23. The molecule has 0 atom stereocenters. The zero-order valence-electron chi connectivity index (χ0n) is 15.1. The number of hydrogen-bond donors (Lipinski definition) is 0. The van der Waals surface area contributed by atoms with Crippen molar-refractivity contribution >= 4 is 23.1 Å². The van der Waals surface area contributed by atoms with Gasteiger partial charge in [-0.1, -0.05) is 18.2 Å². The second kappa shape index (κ2) is 8.02. The van der Waals surface area contributed by atoms with E-state index >= 15 is 0 Å². The maximum Gasteiger partial charge on any atom is 0.387 e. The van der Waals surface area contributed by atoms with Crippen LogP contribution in [0.1, 0.15) is 11.4 Å². The summed E-state index contributed by atoms with van der Waals surface area (Å²) < 4.78 is 30.6. The molecule has 4 rings (SSSR count). The van der Waals surface area contributed by atoms with Crippen LogP contribution in [0.4, 0.5) is 8.78 Å². The van der Waals surface area contributed by atoms with Gasteiger partial charge < -0.3 is 4.74 Å². The average Bonchev–Trinajstić information content (AvgIpc) is 2.74. The van der Waals surface area contributed by atoms with Crippen LogP contribution >= 0.6 is 0 Å². The first-order chi connectivity index (χ1) is 14.1. The molecule has 4 aromatic rings. The molecule has 2 heterocycles. The van der Waals surface area contributed by atoms with Gasteiger partial charge in [-0.25, -0.2) is 4.98 Å². The normalized spacial score (nSPS) is 11.4. The molecule has 0 saturated heterocycles. The van der Waals surface area contributed by atoms with Crippen LogP contribution < -0.4 is 10.3 Å². The van der Waals surface area contributed by atoms with Crippen LogP contribution in [0.2, 0.25) is 0 Å². The fraction of sp³-hybridized carbons (Fsp3) is 0.0455. The van der Waals surface area contributed by atoms with E-state index in [9.17, 15) is 13.6 Å². The van der Waals surface area contributed by atoms with E-state index in [0.29, 0.717) is 22.4 Å². The summed E-state index contributed by atoms with van der Waals surface area (Å²) in [5.41, 5.74) is 1.64. The Morgan fingerprint density at radius 1 is 0.966 bits per heavy atom. The number of rotatable bonds is 5. The lowest BCUT2D eigenvalue weighted by molar-refractivity contribution is -0.0498. The smallest absolute Gasteiger partial charge is 0.387 e. The summed E-state index contributed by atoms with van der Waals surface area (Å²) in [5.74, 6) is 0.415. The lowest BCUT2D eigenvalue weighted by Gasteiger charge is -2.12. The van der Waals surface area contributed by atoms with Crippen molar-refractivity contribution in [3.8, 4) is 11.4 Å². The Balaban J connectivity index is 1.85. The molecule has 7 heteroatoms. The lowest BCUT2D eigenvalue weighted by Crippen LogP contribution is -2.22. The number of alkyl halides is 2. The van der Waals surface area contributed by atoms with Gasteiger partial charge in [0.1, 0.15) is 11.6 Å². The van der Waals surface area contributed by atoms with E-state index in [-0.39, 0.29) is 11.3 Å². The molecule has 0 aliphatic rings. The van der Waals surface area contributed by atoms with Gasteiger partial charge in [0.15, 0.2) is 0 Å². The summed E-state index contributed by atoms with van der Waals surface area (Å²) in [7, 11) is 0. The summed E-state index contributed by atoms with van der Waals surface area (Å²) in [6.45, 7) is -2.91. The SMILES string of the molecule is O=c1c2ccccc2nc(C=Cc2cccnc2)n1-c1ccc(OC(F)F)cc1. The van der Waals surface area contributed by atoms with Crippen LogP contribution in [-0.2, 0) is 0 Å². The van der Waals surface area contributed by atoms with Gasteiger partial charge in [0, 0.05) is 12.4 Å². The predicted molar refractivity (Wildman–Crippen MR) is 107 cm³/mol. The topological polar surface area (TPSA) is 57.0 Å². The van der Waals surface area contributed by atoms with E-state index in [1.54, 1.807) is 42.7 Å². The highest BCUT2D eigenvalue weighted by Gasteiger charge is 2.12. The van der Waals surface area contributed by atoms with Crippen molar-refractivity contribution < 1.29 is 13.5 Å². The summed E-state index contributed by atoms with van der Waals surface area (Å²) >= 11 is 0. The van der Waals surface area contributed by atoms with Crippen LogP contribution in [-0.4, -0.2) is 21.1 Å². The van der Waals surface area contributed by atoms with Crippen LogP contribution in [0.5, 0.6) is 5.75 Å². The number of pyridine rings is 1. The fourth-order valence-corrected chi connectivity index (χ4v) is 2.93. The second-order valence-corrected chi connectivity index (χ2v) is 6.12. The highest BCUT2D eigenvalue weighted by Crippen LogP contribution is 2.19. The van der Waals surface area contributed by atoms with E-state index in [1.807, 2.05) is 18.2 Å². The number of halogens is 2. The number of ether oxygens (including phenoxy) is 1. The monoisotopic (exact) mass is 391 g/mol.